The van der Waals surface area contributed by atoms with Crippen molar-refractivity contribution in [2.24, 2.45) is 5.92 Å². The molecular weight excluding hydrogens is 294 g/mol. The normalized spacial score (nSPS) is 15.6. The van der Waals surface area contributed by atoms with Crippen molar-refractivity contribution in [2.75, 3.05) is 13.1 Å². The smallest absolute Gasteiger partial charge is 0.227 e. The summed E-state index contributed by atoms with van der Waals surface area (Å²) in [4.78, 5) is 4.43. The van der Waals surface area contributed by atoms with Crippen molar-refractivity contribution >= 4 is 15.9 Å². The molecule has 0 unspecified atom stereocenters. The van der Waals surface area contributed by atoms with Crippen LogP contribution >= 0.6 is 15.9 Å². The van der Waals surface area contributed by atoms with Gasteiger partial charge in [0.05, 0.1) is 0 Å². The Morgan fingerprint density at radius 3 is 2.72 bits per heavy atom. The van der Waals surface area contributed by atoms with Crippen LogP contribution in [-0.2, 0) is 12.8 Å². The van der Waals surface area contributed by atoms with Crippen LogP contribution in [0.2, 0.25) is 0 Å². The summed E-state index contributed by atoms with van der Waals surface area (Å²) in [7, 11) is 0. The van der Waals surface area contributed by atoms with E-state index in [4.69, 9.17) is 4.52 Å². The van der Waals surface area contributed by atoms with Crippen LogP contribution in [0.4, 0.5) is 0 Å². The van der Waals surface area contributed by atoms with E-state index in [9.17, 15) is 0 Å². The molecule has 0 aliphatic carbocycles. The quantitative estimate of drug-likeness (QED) is 0.940. The van der Waals surface area contributed by atoms with E-state index in [0.717, 1.165) is 42.1 Å². The van der Waals surface area contributed by atoms with Crippen molar-refractivity contribution < 1.29 is 4.52 Å². The summed E-state index contributed by atoms with van der Waals surface area (Å²) in [6, 6.07) is 8.18. The van der Waals surface area contributed by atoms with E-state index in [0.29, 0.717) is 5.92 Å². The lowest BCUT2D eigenvalue weighted by molar-refractivity contribution is 0.295. The highest BCUT2D eigenvalue weighted by molar-refractivity contribution is 9.10. The van der Waals surface area contributed by atoms with Crippen LogP contribution in [0.1, 0.15) is 17.3 Å². The van der Waals surface area contributed by atoms with Crippen LogP contribution < -0.4 is 5.32 Å². The second-order valence-electron chi connectivity index (χ2n) is 4.64. The predicted octanol–water partition coefficient (Wildman–Crippen LogP) is 2.18. The molecule has 2 aromatic rings. The first-order chi connectivity index (χ1) is 8.79. The minimum atomic E-state index is 0.658. The fourth-order valence-electron chi connectivity index (χ4n) is 1.97. The number of hydrogen-bond donors (Lipinski definition) is 1. The molecule has 1 aromatic heterocycles. The second-order valence-corrected chi connectivity index (χ2v) is 5.55. The van der Waals surface area contributed by atoms with Gasteiger partial charge in [-0.2, -0.15) is 4.98 Å². The number of nitrogens with zero attached hydrogens (tertiary/aromatic N) is 2. The van der Waals surface area contributed by atoms with Crippen molar-refractivity contribution in [1.29, 1.82) is 0 Å². The molecule has 1 aromatic carbocycles. The average Bonchev–Trinajstić information content (AvgIpc) is 2.75. The van der Waals surface area contributed by atoms with Gasteiger partial charge in [0.1, 0.15) is 0 Å². The maximum atomic E-state index is 5.27. The van der Waals surface area contributed by atoms with Gasteiger partial charge in [0.15, 0.2) is 5.82 Å². The largest absolute Gasteiger partial charge is 0.339 e. The standard InChI is InChI=1S/C13H14BrN3O/c14-11-3-1-9(2-4-11)5-12-16-13(18-17-12)6-10-7-15-8-10/h1-4,10,15H,5-8H2. The monoisotopic (exact) mass is 307 g/mol. The molecule has 1 N–H and O–H groups in total. The van der Waals surface area contributed by atoms with Gasteiger partial charge in [-0.25, -0.2) is 0 Å². The van der Waals surface area contributed by atoms with Gasteiger partial charge >= 0.3 is 0 Å². The first-order valence-electron chi connectivity index (χ1n) is 6.06. The van der Waals surface area contributed by atoms with E-state index in [2.05, 4.69) is 43.5 Å². The highest BCUT2D eigenvalue weighted by Crippen LogP contribution is 2.14. The molecular formula is C13H14BrN3O. The third-order valence-electron chi connectivity index (χ3n) is 3.11. The van der Waals surface area contributed by atoms with Gasteiger partial charge in [0.2, 0.25) is 5.89 Å². The zero-order chi connectivity index (χ0) is 12.4. The van der Waals surface area contributed by atoms with Gasteiger partial charge < -0.3 is 9.84 Å². The van der Waals surface area contributed by atoms with Crippen LogP contribution in [0, 0.1) is 5.92 Å². The molecule has 0 amide bonds. The van der Waals surface area contributed by atoms with Gasteiger partial charge in [0.25, 0.3) is 0 Å². The first kappa shape index (κ1) is 11.9. The average molecular weight is 308 g/mol. The molecule has 1 aliphatic heterocycles. The minimum Gasteiger partial charge on any atom is -0.339 e. The summed E-state index contributed by atoms with van der Waals surface area (Å²) in [6.45, 7) is 2.12. The molecule has 0 atom stereocenters. The SMILES string of the molecule is Brc1ccc(Cc2noc(CC3CNC3)n2)cc1. The molecule has 0 bridgehead atoms. The highest BCUT2D eigenvalue weighted by atomic mass is 79.9. The van der Waals surface area contributed by atoms with Crippen molar-refractivity contribution in [3.63, 3.8) is 0 Å². The summed E-state index contributed by atoms with van der Waals surface area (Å²) in [6.07, 6.45) is 1.61. The highest BCUT2D eigenvalue weighted by Gasteiger charge is 2.20. The Morgan fingerprint density at radius 2 is 2.06 bits per heavy atom. The number of halogens is 1. The number of aromatic nitrogens is 2. The zero-order valence-electron chi connectivity index (χ0n) is 9.90. The maximum absolute atomic E-state index is 5.27. The fraction of sp³-hybridized carbons (Fsp3) is 0.385. The fourth-order valence-corrected chi connectivity index (χ4v) is 2.23. The summed E-state index contributed by atoms with van der Waals surface area (Å²) >= 11 is 3.42. The van der Waals surface area contributed by atoms with E-state index in [-0.39, 0.29) is 0 Å². The van der Waals surface area contributed by atoms with Crippen LogP contribution in [0.15, 0.2) is 33.3 Å². The Kier molecular flexibility index (Phi) is 3.43. The molecule has 5 heteroatoms. The van der Waals surface area contributed by atoms with Gasteiger partial charge in [0, 0.05) is 17.3 Å². The molecule has 1 aliphatic rings. The lowest BCUT2D eigenvalue weighted by Crippen LogP contribution is -2.43. The van der Waals surface area contributed by atoms with Crippen LogP contribution in [-0.4, -0.2) is 23.2 Å². The molecule has 4 nitrogen and oxygen atoms in total. The van der Waals surface area contributed by atoms with Crippen LogP contribution in [0.5, 0.6) is 0 Å². The van der Waals surface area contributed by atoms with E-state index < -0.39 is 0 Å². The van der Waals surface area contributed by atoms with E-state index in [1.165, 1.54) is 5.56 Å². The molecule has 0 spiro atoms. The molecule has 18 heavy (non-hydrogen) atoms. The molecule has 0 saturated carbocycles. The summed E-state index contributed by atoms with van der Waals surface area (Å²) in [5.41, 5.74) is 1.19. The van der Waals surface area contributed by atoms with Gasteiger partial charge in [-0.15, -0.1) is 0 Å². The summed E-state index contributed by atoms with van der Waals surface area (Å²) in [5, 5.41) is 7.27. The topological polar surface area (TPSA) is 51.0 Å². The maximum Gasteiger partial charge on any atom is 0.227 e. The van der Waals surface area contributed by atoms with Crippen molar-refractivity contribution in [3.8, 4) is 0 Å². The van der Waals surface area contributed by atoms with Crippen LogP contribution in [0.3, 0.4) is 0 Å². The third kappa shape index (κ3) is 2.79. The molecule has 1 saturated heterocycles. The lowest BCUT2D eigenvalue weighted by Gasteiger charge is -2.25. The van der Waals surface area contributed by atoms with E-state index in [1.807, 2.05) is 12.1 Å². The number of benzene rings is 1. The molecule has 94 valence electrons. The Hall–Kier alpha value is -1.20. The van der Waals surface area contributed by atoms with Gasteiger partial charge in [-0.3, -0.25) is 0 Å². The number of hydrogen-bond acceptors (Lipinski definition) is 4. The molecule has 2 heterocycles. The summed E-state index contributed by atoms with van der Waals surface area (Å²) in [5.74, 6) is 2.18. The van der Waals surface area contributed by atoms with E-state index in [1.54, 1.807) is 0 Å². The van der Waals surface area contributed by atoms with Crippen molar-refractivity contribution in [1.82, 2.24) is 15.5 Å². The Morgan fingerprint density at radius 1 is 1.28 bits per heavy atom. The summed E-state index contributed by atoms with van der Waals surface area (Å²) < 4.78 is 6.35. The lowest BCUT2D eigenvalue weighted by atomic mass is 10.00. The van der Waals surface area contributed by atoms with Gasteiger partial charge in [-0.05, 0) is 36.7 Å². The first-order valence-corrected chi connectivity index (χ1v) is 6.85. The van der Waals surface area contributed by atoms with Crippen LogP contribution in [0.25, 0.3) is 0 Å². The van der Waals surface area contributed by atoms with Gasteiger partial charge in [-0.1, -0.05) is 33.2 Å². The Balaban J connectivity index is 1.63. The second kappa shape index (κ2) is 5.20. The number of nitrogens with one attached hydrogen (secondary N) is 1. The Labute approximate surface area is 114 Å². The predicted molar refractivity (Wildman–Crippen MR) is 71.3 cm³/mol. The van der Waals surface area contributed by atoms with Crippen molar-refractivity contribution in [3.05, 3.63) is 46.0 Å². The minimum absolute atomic E-state index is 0.658. The Bertz CT molecular complexity index is 519. The third-order valence-corrected chi connectivity index (χ3v) is 3.64. The van der Waals surface area contributed by atoms with Crippen molar-refractivity contribution in [2.45, 2.75) is 12.8 Å². The molecule has 0 radical (unpaired) electrons. The van der Waals surface area contributed by atoms with E-state index >= 15 is 0 Å². The molecule has 1 fully saturated rings. The molecule has 3 rings (SSSR count). The number of rotatable bonds is 4. The zero-order valence-corrected chi connectivity index (χ0v) is 11.5.